The van der Waals surface area contributed by atoms with Gasteiger partial charge in [-0.3, -0.25) is 4.79 Å². The Balaban J connectivity index is 3.26. The Hall–Kier alpha value is -0.530. The molecule has 0 aliphatic rings. The van der Waals surface area contributed by atoms with Crippen LogP contribution in [0.15, 0.2) is 0 Å². The van der Waals surface area contributed by atoms with Gasteiger partial charge in [-0.05, 0) is 18.8 Å². The normalized spacial score (nSPS) is 12.3. The molecule has 0 bridgehead atoms. The van der Waals surface area contributed by atoms with Crippen LogP contribution in [0.2, 0.25) is 0 Å². The van der Waals surface area contributed by atoms with Gasteiger partial charge in [0.2, 0.25) is 0 Å². The maximum absolute atomic E-state index is 11.7. The van der Waals surface area contributed by atoms with Gasteiger partial charge in [0.1, 0.15) is 0 Å². The van der Waals surface area contributed by atoms with Crippen molar-refractivity contribution in [3.63, 3.8) is 0 Å². The molecule has 0 amide bonds. The van der Waals surface area contributed by atoms with Crippen LogP contribution in [0.4, 0.5) is 0 Å². The lowest BCUT2D eigenvalue weighted by Crippen LogP contribution is -2.05. The second-order valence-electron chi connectivity index (χ2n) is 8.25. The van der Waals surface area contributed by atoms with Crippen LogP contribution < -0.4 is 0 Å². The van der Waals surface area contributed by atoms with Crippen molar-refractivity contribution >= 4 is 5.97 Å². The van der Waals surface area contributed by atoms with E-state index in [4.69, 9.17) is 4.74 Å². The Morgan fingerprint density at radius 3 is 1.73 bits per heavy atom. The van der Waals surface area contributed by atoms with E-state index in [0.717, 1.165) is 18.8 Å². The minimum Gasteiger partial charge on any atom is -0.466 e. The van der Waals surface area contributed by atoms with Gasteiger partial charge in [0.25, 0.3) is 0 Å². The highest BCUT2D eigenvalue weighted by atomic mass is 16.5. The van der Waals surface area contributed by atoms with Crippen molar-refractivity contribution in [1.29, 1.82) is 0 Å². The highest BCUT2D eigenvalue weighted by Gasteiger charge is 2.04. The standard InChI is InChI=1S/C24H48O2/c1-4-6-8-10-11-14-18-22-26-24(25)21-17-13-12-16-20-23(3)19-15-9-7-5-2/h23H,4-22H2,1-3H3. The van der Waals surface area contributed by atoms with E-state index in [1.54, 1.807) is 0 Å². The first-order valence-corrected chi connectivity index (χ1v) is 11.9. The van der Waals surface area contributed by atoms with Gasteiger partial charge in [-0.2, -0.15) is 0 Å². The SMILES string of the molecule is CCCCCCCCCOC(=O)CCCCCCC(C)CCCCCC. The topological polar surface area (TPSA) is 26.3 Å². The van der Waals surface area contributed by atoms with Crippen LogP contribution in [-0.2, 0) is 9.53 Å². The Labute approximate surface area is 164 Å². The van der Waals surface area contributed by atoms with Gasteiger partial charge < -0.3 is 4.74 Å². The largest absolute Gasteiger partial charge is 0.466 e. The Morgan fingerprint density at radius 2 is 1.12 bits per heavy atom. The average molecular weight is 369 g/mol. The molecular weight excluding hydrogens is 320 g/mol. The van der Waals surface area contributed by atoms with Crippen molar-refractivity contribution in [3.8, 4) is 0 Å². The third-order valence-electron chi connectivity index (χ3n) is 5.39. The predicted molar refractivity (Wildman–Crippen MR) is 115 cm³/mol. The zero-order chi connectivity index (χ0) is 19.3. The predicted octanol–water partition coefficient (Wildman–Crippen LogP) is 8.23. The first-order chi connectivity index (χ1) is 12.7. The van der Waals surface area contributed by atoms with Gasteiger partial charge in [0.15, 0.2) is 0 Å². The Bertz CT molecular complexity index is 288. The number of ether oxygens (including phenoxy) is 1. The van der Waals surface area contributed by atoms with Crippen LogP contribution >= 0.6 is 0 Å². The van der Waals surface area contributed by atoms with Crippen LogP contribution in [-0.4, -0.2) is 12.6 Å². The molecule has 156 valence electrons. The summed E-state index contributed by atoms with van der Waals surface area (Å²) in [5.74, 6) is 0.888. The van der Waals surface area contributed by atoms with Crippen LogP contribution in [0, 0.1) is 5.92 Å². The zero-order valence-electron chi connectivity index (χ0n) is 18.3. The van der Waals surface area contributed by atoms with Crippen molar-refractivity contribution in [3.05, 3.63) is 0 Å². The second-order valence-corrected chi connectivity index (χ2v) is 8.25. The van der Waals surface area contributed by atoms with Crippen molar-refractivity contribution in [2.45, 2.75) is 136 Å². The van der Waals surface area contributed by atoms with Crippen LogP contribution in [0.25, 0.3) is 0 Å². The molecule has 0 aromatic heterocycles. The van der Waals surface area contributed by atoms with Crippen molar-refractivity contribution in [2.24, 2.45) is 5.92 Å². The molecule has 0 aliphatic heterocycles. The van der Waals surface area contributed by atoms with Gasteiger partial charge >= 0.3 is 5.97 Å². The lowest BCUT2D eigenvalue weighted by atomic mass is 9.96. The van der Waals surface area contributed by atoms with E-state index in [9.17, 15) is 4.79 Å². The third kappa shape index (κ3) is 19.8. The summed E-state index contributed by atoms with van der Waals surface area (Å²) in [6.07, 6.45) is 22.5. The summed E-state index contributed by atoms with van der Waals surface area (Å²) in [7, 11) is 0. The highest BCUT2D eigenvalue weighted by molar-refractivity contribution is 5.69. The second kappa shape index (κ2) is 20.8. The molecule has 26 heavy (non-hydrogen) atoms. The van der Waals surface area contributed by atoms with E-state index in [2.05, 4.69) is 20.8 Å². The number of rotatable bonds is 20. The number of unbranched alkanes of at least 4 members (excludes halogenated alkanes) is 12. The van der Waals surface area contributed by atoms with Gasteiger partial charge in [0.05, 0.1) is 6.61 Å². The molecule has 0 saturated carbocycles. The Morgan fingerprint density at radius 1 is 0.654 bits per heavy atom. The minimum atomic E-state index is 0.0141. The number of carbonyl (C=O) groups excluding carboxylic acids is 1. The molecule has 2 nitrogen and oxygen atoms in total. The first kappa shape index (κ1) is 25.5. The first-order valence-electron chi connectivity index (χ1n) is 11.9. The van der Waals surface area contributed by atoms with E-state index >= 15 is 0 Å². The molecule has 0 fully saturated rings. The molecule has 0 rings (SSSR count). The van der Waals surface area contributed by atoms with E-state index in [1.165, 1.54) is 96.3 Å². The lowest BCUT2D eigenvalue weighted by molar-refractivity contribution is -0.143. The summed E-state index contributed by atoms with van der Waals surface area (Å²) in [5.41, 5.74) is 0. The molecule has 0 radical (unpaired) electrons. The Kier molecular flexibility index (Phi) is 20.4. The molecule has 0 heterocycles. The summed E-state index contributed by atoms with van der Waals surface area (Å²) in [6, 6.07) is 0. The molecule has 1 unspecified atom stereocenters. The van der Waals surface area contributed by atoms with Gasteiger partial charge in [-0.15, -0.1) is 0 Å². The summed E-state index contributed by atoms with van der Waals surface area (Å²) < 4.78 is 5.34. The maximum atomic E-state index is 11.7. The van der Waals surface area contributed by atoms with Crippen molar-refractivity contribution in [1.82, 2.24) is 0 Å². The summed E-state index contributed by atoms with van der Waals surface area (Å²) in [4.78, 5) is 11.7. The summed E-state index contributed by atoms with van der Waals surface area (Å²) >= 11 is 0. The molecule has 0 aliphatic carbocycles. The van der Waals surface area contributed by atoms with Crippen LogP contribution in [0.1, 0.15) is 136 Å². The van der Waals surface area contributed by atoms with Crippen molar-refractivity contribution < 1.29 is 9.53 Å². The van der Waals surface area contributed by atoms with E-state index in [-0.39, 0.29) is 5.97 Å². The number of carbonyl (C=O) groups is 1. The molecule has 0 aromatic rings. The monoisotopic (exact) mass is 368 g/mol. The molecular formula is C24H48O2. The fourth-order valence-electron chi connectivity index (χ4n) is 3.50. The number of hydrogen-bond acceptors (Lipinski definition) is 2. The van der Waals surface area contributed by atoms with Crippen LogP contribution in [0.5, 0.6) is 0 Å². The van der Waals surface area contributed by atoms with Gasteiger partial charge in [0, 0.05) is 6.42 Å². The third-order valence-corrected chi connectivity index (χ3v) is 5.39. The molecule has 0 aromatic carbocycles. The maximum Gasteiger partial charge on any atom is 0.305 e. The molecule has 1 atom stereocenters. The van der Waals surface area contributed by atoms with E-state index in [1.807, 2.05) is 0 Å². The minimum absolute atomic E-state index is 0.0141. The number of esters is 1. The molecule has 0 N–H and O–H groups in total. The average Bonchev–Trinajstić information content (AvgIpc) is 2.64. The molecule has 2 heteroatoms. The van der Waals surface area contributed by atoms with E-state index < -0.39 is 0 Å². The van der Waals surface area contributed by atoms with Crippen LogP contribution in [0.3, 0.4) is 0 Å². The summed E-state index contributed by atoms with van der Waals surface area (Å²) in [5, 5.41) is 0. The smallest absolute Gasteiger partial charge is 0.305 e. The lowest BCUT2D eigenvalue weighted by Gasteiger charge is -2.10. The van der Waals surface area contributed by atoms with E-state index in [0.29, 0.717) is 13.0 Å². The number of hydrogen-bond donors (Lipinski definition) is 0. The quantitative estimate of drug-likeness (QED) is 0.160. The zero-order valence-corrected chi connectivity index (χ0v) is 18.3. The fraction of sp³-hybridized carbons (Fsp3) is 0.958. The summed E-state index contributed by atoms with van der Waals surface area (Å²) in [6.45, 7) is 7.54. The fourth-order valence-corrected chi connectivity index (χ4v) is 3.50. The van der Waals surface area contributed by atoms with Gasteiger partial charge in [-0.1, -0.05) is 117 Å². The molecule has 0 spiro atoms. The van der Waals surface area contributed by atoms with Gasteiger partial charge in [-0.25, -0.2) is 0 Å². The highest BCUT2D eigenvalue weighted by Crippen LogP contribution is 2.17. The van der Waals surface area contributed by atoms with Crippen molar-refractivity contribution in [2.75, 3.05) is 6.61 Å². The molecule has 0 saturated heterocycles.